The Morgan fingerprint density at radius 3 is 2.79 bits per heavy atom. The maximum absolute atomic E-state index is 12.6. The van der Waals surface area contributed by atoms with E-state index in [4.69, 9.17) is 10.7 Å². The Labute approximate surface area is 141 Å². The third-order valence-corrected chi connectivity index (χ3v) is 5.77. The molecular weight excluding hydrogens is 304 g/mol. The van der Waals surface area contributed by atoms with Crippen molar-refractivity contribution in [3.63, 3.8) is 0 Å². The van der Waals surface area contributed by atoms with Gasteiger partial charge < -0.3 is 15.6 Å². The first-order valence-electron chi connectivity index (χ1n) is 9.02. The van der Waals surface area contributed by atoms with Crippen LogP contribution < -0.4 is 11.3 Å². The summed E-state index contributed by atoms with van der Waals surface area (Å²) in [7, 11) is 0. The lowest BCUT2D eigenvalue weighted by molar-refractivity contribution is -0.138. The van der Waals surface area contributed by atoms with Gasteiger partial charge in [-0.1, -0.05) is 0 Å². The summed E-state index contributed by atoms with van der Waals surface area (Å²) in [5.74, 6) is 1.26. The van der Waals surface area contributed by atoms with Crippen molar-refractivity contribution >= 4 is 5.91 Å². The highest BCUT2D eigenvalue weighted by Gasteiger charge is 2.47. The lowest BCUT2D eigenvalue weighted by atomic mass is 9.77. The first kappa shape index (κ1) is 15.8. The van der Waals surface area contributed by atoms with E-state index in [1.165, 1.54) is 0 Å². The molecule has 0 bridgehead atoms. The van der Waals surface area contributed by atoms with Crippen LogP contribution in [-0.4, -0.2) is 39.4 Å². The highest BCUT2D eigenvalue weighted by molar-refractivity contribution is 5.85. The summed E-state index contributed by atoms with van der Waals surface area (Å²) in [6, 6.07) is 0. The molecule has 1 atom stereocenters. The van der Waals surface area contributed by atoms with Gasteiger partial charge in [-0.3, -0.25) is 9.59 Å². The van der Waals surface area contributed by atoms with Crippen LogP contribution in [0.3, 0.4) is 0 Å². The number of fused-ring (bicyclic) bond motifs is 2. The van der Waals surface area contributed by atoms with E-state index in [9.17, 15) is 9.59 Å². The summed E-state index contributed by atoms with van der Waals surface area (Å²) in [5, 5.41) is 0. The molecule has 4 rings (SSSR count). The molecule has 1 aromatic heterocycles. The monoisotopic (exact) mass is 330 g/mol. The number of carbonyl (C=O) groups excluding carboxylic acids is 1. The van der Waals surface area contributed by atoms with Crippen molar-refractivity contribution in [1.82, 2.24) is 14.9 Å². The van der Waals surface area contributed by atoms with E-state index in [0.717, 1.165) is 62.2 Å². The molecule has 24 heavy (non-hydrogen) atoms. The Morgan fingerprint density at radius 1 is 1.38 bits per heavy atom. The molecule has 1 amide bonds. The molecule has 1 saturated carbocycles. The largest absolute Gasteiger partial charge is 0.340 e. The van der Waals surface area contributed by atoms with Gasteiger partial charge in [-0.15, -0.1) is 0 Å². The molecule has 130 valence electrons. The molecule has 6 heteroatoms. The molecule has 2 heterocycles. The third-order valence-electron chi connectivity index (χ3n) is 5.77. The zero-order valence-corrected chi connectivity index (χ0v) is 14.5. The number of H-pyrrole nitrogens is 1. The van der Waals surface area contributed by atoms with Crippen molar-refractivity contribution < 1.29 is 4.79 Å². The Balaban J connectivity index is 1.70. The minimum atomic E-state index is -0.860. The lowest BCUT2D eigenvalue weighted by Gasteiger charge is -2.42. The van der Waals surface area contributed by atoms with Crippen LogP contribution in [0, 0.1) is 0 Å². The van der Waals surface area contributed by atoms with Crippen LogP contribution in [-0.2, 0) is 16.6 Å². The van der Waals surface area contributed by atoms with Gasteiger partial charge in [0.25, 0.3) is 5.56 Å². The van der Waals surface area contributed by atoms with Gasteiger partial charge in [0, 0.05) is 30.0 Å². The minimum absolute atomic E-state index is 0.0118. The van der Waals surface area contributed by atoms with Crippen LogP contribution in [0.5, 0.6) is 0 Å². The number of piperidine rings is 1. The van der Waals surface area contributed by atoms with E-state index in [0.29, 0.717) is 12.5 Å². The second-order valence-electron chi connectivity index (χ2n) is 8.38. The number of hydrogen-bond donors (Lipinski definition) is 2. The van der Waals surface area contributed by atoms with Gasteiger partial charge in [-0.2, -0.15) is 0 Å². The van der Waals surface area contributed by atoms with E-state index in [1.54, 1.807) is 13.8 Å². The standard InChI is InChI=1S/C18H26N4O2/c1-17(2,19)16(24)22-9-3-7-18(10-22)8-6-12-13(18)20-14(11-4-5-11)21-15(12)23/h11H,3-10,19H2,1-2H3,(H,20,21,23). The first-order valence-corrected chi connectivity index (χ1v) is 9.02. The Kier molecular flexibility index (Phi) is 3.39. The normalized spacial score (nSPS) is 26.7. The maximum atomic E-state index is 12.6. The van der Waals surface area contributed by atoms with Gasteiger partial charge in [0.1, 0.15) is 5.82 Å². The van der Waals surface area contributed by atoms with Crippen molar-refractivity contribution in [1.29, 1.82) is 0 Å². The number of amides is 1. The van der Waals surface area contributed by atoms with E-state index < -0.39 is 5.54 Å². The average Bonchev–Trinajstić information content (AvgIpc) is 3.32. The summed E-state index contributed by atoms with van der Waals surface area (Å²) >= 11 is 0. The molecule has 1 spiro atoms. The number of nitrogens with zero attached hydrogens (tertiary/aromatic N) is 2. The average molecular weight is 330 g/mol. The van der Waals surface area contributed by atoms with Crippen LogP contribution in [0.1, 0.15) is 69.0 Å². The molecule has 1 saturated heterocycles. The number of aromatic amines is 1. The van der Waals surface area contributed by atoms with E-state index in [-0.39, 0.29) is 16.9 Å². The number of nitrogens with two attached hydrogens (primary N) is 1. The summed E-state index contributed by atoms with van der Waals surface area (Å²) in [6.45, 7) is 4.90. The zero-order valence-electron chi connectivity index (χ0n) is 14.5. The van der Waals surface area contributed by atoms with Gasteiger partial charge in [-0.25, -0.2) is 4.98 Å². The van der Waals surface area contributed by atoms with Crippen molar-refractivity contribution in [3.8, 4) is 0 Å². The number of hydrogen-bond acceptors (Lipinski definition) is 4. The topological polar surface area (TPSA) is 92.1 Å². The fourth-order valence-electron chi connectivity index (χ4n) is 4.33. The second-order valence-corrected chi connectivity index (χ2v) is 8.38. The smallest absolute Gasteiger partial charge is 0.254 e. The molecule has 0 aromatic carbocycles. The second kappa shape index (κ2) is 5.15. The fourth-order valence-corrected chi connectivity index (χ4v) is 4.33. The number of likely N-dealkylation sites (tertiary alicyclic amines) is 1. The van der Waals surface area contributed by atoms with Crippen LogP contribution in [0.4, 0.5) is 0 Å². The van der Waals surface area contributed by atoms with Crippen molar-refractivity contribution in [3.05, 3.63) is 27.4 Å². The quantitative estimate of drug-likeness (QED) is 0.852. The molecule has 3 N–H and O–H groups in total. The SMILES string of the molecule is CC(C)(N)C(=O)N1CCCC2(CCc3c2nc(C2CC2)[nH]c3=O)C1. The van der Waals surface area contributed by atoms with E-state index in [2.05, 4.69) is 4.98 Å². The predicted octanol–water partition coefficient (Wildman–Crippen LogP) is 1.19. The molecule has 1 unspecified atom stereocenters. The summed E-state index contributed by atoms with van der Waals surface area (Å²) < 4.78 is 0. The molecule has 1 aliphatic heterocycles. The summed E-state index contributed by atoms with van der Waals surface area (Å²) in [6.07, 6.45) is 5.82. The van der Waals surface area contributed by atoms with Gasteiger partial charge >= 0.3 is 0 Å². The predicted molar refractivity (Wildman–Crippen MR) is 90.9 cm³/mol. The molecule has 2 aliphatic carbocycles. The molecule has 2 fully saturated rings. The van der Waals surface area contributed by atoms with E-state index >= 15 is 0 Å². The Bertz CT molecular complexity index is 744. The molecule has 3 aliphatic rings. The van der Waals surface area contributed by atoms with Crippen molar-refractivity contribution in [2.45, 2.75) is 69.2 Å². The molecule has 1 aromatic rings. The highest BCUT2D eigenvalue weighted by Crippen LogP contribution is 2.45. The highest BCUT2D eigenvalue weighted by atomic mass is 16.2. The van der Waals surface area contributed by atoms with Crippen LogP contribution in [0.2, 0.25) is 0 Å². The van der Waals surface area contributed by atoms with Crippen LogP contribution in [0.25, 0.3) is 0 Å². The minimum Gasteiger partial charge on any atom is -0.340 e. The number of carbonyl (C=O) groups is 1. The van der Waals surface area contributed by atoms with E-state index in [1.807, 2.05) is 4.90 Å². The maximum Gasteiger partial charge on any atom is 0.254 e. The lowest BCUT2D eigenvalue weighted by Crippen LogP contribution is -2.56. The molecule has 0 radical (unpaired) electrons. The molecule has 6 nitrogen and oxygen atoms in total. The van der Waals surface area contributed by atoms with Crippen LogP contribution in [0.15, 0.2) is 4.79 Å². The van der Waals surface area contributed by atoms with Crippen molar-refractivity contribution in [2.24, 2.45) is 5.73 Å². The van der Waals surface area contributed by atoms with Gasteiger partial charge in [0.2, 0.25) is 5.91 Å². The van der Waals surface area contributed by atoms with Gasteiger partial charge in [-0.05, 0) is 52.4 Å². The number of nitrogens with one attached hydrogen (secondary N) is 1. The Hall–Kier alpha value is -1.69. The van der Waals surface area contributed by atoms with Crippen molar-refractivity contribution in [2.75, 3.05) is 13.1 Å². The molecular formula is C18H26N4O2. The number of rotatable bonds is 2. The zero-order chi connectivity index (χ0) is 17.1. The first-order chi connectivity index (χ1) is 11.3. The van der Waals surface area contributed by atoms with Gasteiger partial charge in [0.15, 0.2) is 0 Å². The number of aromatic nitrogens is 2. The van der Waals surface area contributed by atoms with Crippen LogP contribution >= 0.6 is 0 Å². The fraction of sp³-hybridized carbons (Fsp3) is 0.722. The Morgan fingerprint density at radius 2 is 2.12 bits per heavy atom. The summed E-state index contributed by atoms with van der Waals surface area (Å²) in [5.41, 5.74) is 6.83. The van der Waals surface area contributed by atoms with Gasteiger partial charge in [0.05, 0.1) is 11.2 Å². The third kappa shape index (κ3) is 2.48. The summed E-state index contributed by atoms with van der Waals surface area (Å²) in [4.78, 5) is 34.9.